The van der Waals surface area contributed by atoms with Crippen LogP contribution < -0.4 is 4.90 Å². The molecule has 0 unspecified atom stereocenters. The van der Waals surface area contributed by atoms with Crippen molar-refractivity contribution in [3.63, 3.8) is 0 Å². The van der Waals surface area contributed by atoms with E-state index >= 15 is 0 Å². The fourth-order valence-electron chi connectivity index (χ4n) is 2.72. The summed E-state index contributed by atoms with van der Waals surface area (Å²) in [6.07, 6.45) is 0. The minimum Gasteiger partial charge on any atom is -0.354 e. The van der Waals surface area contributed by atoms with E-state index in [2.05, 4.69) is 21.7 Å². The smallest absolute Gasteiger partial charge is 0.153 e. The maximum Gasteiger partial charge on any atom is 0.153 e. The van der Waals surface area contributed by atoms with Crippen LogP contribution in [0, 0.1) is 6.92 Å². The van der Waals surface area contributed by atoms with Crippen molar-refractivity contribution < 1.29 is 8.42 Å². The minimum absolute atomic E-state index is 0.248. The molecule has 1 saturated heterocycles. The Hall–Kier alpha value is -1.14. The zero-order chi connectivity index (χ0) is 16.3. The van der Waals surface area contributed by atoms with Crippen molar-refractivity contribution >= 4 is 15.7 Å². The molecule has 0 N–H and O–H groups in total. The first-order valence-corrected chi connectivity index (χ1v) is 9.65. The van der Waals surface area contributed by atoms with E-state index in [4.69, 9.17) is 0 Å². The third-order valence-corrected chi connectivity index (χ3v) is 6.53. The van der Waals surface area contributed by atoms with Crippen LogP contribution in [0.2, 0.25) is 0 Å². The molecule has 1 aliphatic heterocycles. The van der Waals surface area contributed by atoms with E-state index < -0.39 is 9.84 Å². The molecule has 0 spiro atoms. The largest absolute Gasteiger partial charge is 0.354 e. The van der Waals surface area contributed by atoms with Crippen LogP contribution in [-0.2, 0) is 9.84 Å². The fourth-order valence-corrected chi connectivity index (χ4v) is 3.68. The molecular formula is C16H27N3O2S. The molecule has 0 aliphatic carbocycles. The summed E-state index contributed by atoms with van der Waals surface area (Å²) in [7, 11) is -2.96. The molecule has 22 heavy (non-hydrogen) atoms. The maximum absolute atomic E-state index is 12.0. The van der Waals surface area contributed by atoms with Crippen molar-refractivity contribution in [3.05, 3.63) is 23.9 Å². The average molecular weight is 325 g/mol. The van der Waals surface area contributed by atoms with Gasteiger partial charge in [0.05, 0.1) is 11.0 Å². The molecule has 0 bridgehead atoms. The number of nitrogens with zero attached hydrogens (tertiary/aromatic N) is 3. The Morgan fingerprint density at radius 2 is 2.05 bits per heavy atom. The van der Waals surface area contributed by atoms with Gasteiger partial charge < -0.3 is 4.90 Å². The van der Waals surface area contributed by atoms with Gasteiger partial charge in [-0.05, 0) is 39.8 Å². The predicted molar refractivity (Wildman–Crippen MR) is 91.1 cm³/mol. The maximum atomic E-state index is 12.0. The number of hydrogen-bond acceptors (Lipinski definition) is 5. The third kappa shape index (κ3) is 4.20. The number of hydrogen-bond donors (Lipinski definition) is 0. The highest BCUT2D eigenvalue weighted by atomic mass is 32.2. The van der Waals surface area contributed by atoms with Gasteiger partial charge in [0.2, 0.25) is 0 Å². The molecule has 2 heterocycles. The SMILES string of the molecule is Cc1cccc(N2CCN(CCS(=O)(=O)C(C)C)[C@@H](C)C2)n1. The van der Waals surface area contributed by atoms with Gasteiger partial charge in [0.15, 0.2) is 9.84 Å². The number of piperazine rings is 1. The molecule has 0 aromatic carbocycles. The number of rotatable bonds is 5. The molecular weight excluding hydrogens is 298 g/mol. The molecule has 0 radical (unpaired) electrons. The molecule has 1 aliphatic rings. The molecule has 1 aromatic heterocycles. The Bertz CT molecular complexity index is 601. The first kappa shape index (κ1) is 17.2. The highest BCUT2D eigenvalue weighted by molar-refractivity contribution is 7.92. The summed E-state index contributed by atoms with van der Waals surface area (Å²) in [4.78, 5) is 9.13. The Morgan fingerprint density at radius 1 is 1.32 bits per heavy atom. The minimum atomic E-state index is -2.96. The fraction of sp³-hybridized carbons (Fsp3) is 0.688. The first-order chi connectivity index (χ1) is 10.3. The molecule has 5 nitrogen and oxygen atoms in total. The molecule has 0 amide bonds. The Morgan fingerprint density at radius 3 is 2.64 bits per heavy atom. The van der Waals surface area contributed by atoms with Crippen molar-refractivity contribution in [1.29, 1.82) is 0 Å². The van der Waals surface area contributed by atoms with Crippen LogP contribution in [0.5, 0.6) is 0 Å². The summed E-state index contributed by atoms with van der Waals surface area (Å²) >= 11 is 0. The summed E-state index contributed by atoms with van der Waals surface area (Å²) in [6.45, 7) is 10.9. The number of sulfone groups is 1. The normalized spacial score (nSPS) is 20.6. The lowest BCUT2D eigenvalue weighted by Crippen LogP contribution is -2.53. The van der Waals surface area contributed by atoms with Gasteiger partial charge >= 0.3 is 0 Å². The summed E-state index contributed by atoms with van der Waals surface area (Å²) in [5.41, 5.74) is 1.02. The van der Waals surface area contributed by atoms with E-state index in [0.717, 1.165) is 31.1 Å². The molecule has 124 valence electrons. The predicted octanol–water partition coefficient (Wildman–Crippen LogP) is 1.72. The number of pyridine rings is 1. The first-order valence-electron chi connectivity index (χ1n) is 7.94. The lowest BCUT2D eigenvalue weighted by atomic mass is 10.2. The zero-order valence-corrected chi connectivity index (χ0v) is 14.8. The van der Waals surface area contributed by atoms with Crippen LogP contribution in [0.15, 0.2) is 18.2 Å². The molecule has 1 aromatic rings. The van der Waals surface area contributed by atoms with Gasteiger partial charge in [0.1, 0.15) is 5.82 Å². The molecule has 6 heteroatoms. The van der Waals surface area contributed by atoms with Crippen LogP contribution in [0.4, 0.5) is 5.82 Å². The topological polar surface area (TPSA) is 53.5 Å². The van der Waals surface area contributed by atoms with E-state index in [9.17, 15) is 8.42 Å². The van der Waals surface area contributed by atoms with Gasteiger partial charge in [-0.3, -0.25) is 4.90 Å². The number of aromatic nitrogens is 1. The summed E-state index contributed by atoms with van der Waals surface area (Å²) < 4.78 is 23.9. The Kier molecular flexibility index (Phi) is 5.45. The summed E-state index contributed by atoms with van der Waals surface area (Å²) in [5, 5.41) is -0.291. The van der Waals surface area contributed by atoms with E-state index in [0.29, 0.717) is 12.6 Å². The monoisotopic (exact) mass is 325 g/mol. The van der Waals surface area contributed by atoms with E-state index in [1.165, 1.54) is 0 Å². The lowest BCUT2D eigenvalue weighted by molar-refractivity contribution is 0.200. The van der Waals surface area contributed by atoms with Crippen LogP contribution >= 0.6 is 0 Å². The second-order valence-corrected chi connectivity index (χ2v) is 9.06. The second kappa shape index (κ2) is 6.96. The number of aryl methyl sites for hydroxylation is 1. The van der Waals surface area contributed by atoms with Crippen molar-refractivity contribution in [3.8, 4) is 0 Å². The molecule has 0 saturated carbocycles. The van der Waals surface area contributed by atoms with Gasteiger partial charge in [-0.25, -0.2) is 13.4 Å². The highest BCUT2D eigenvalue weighted by Gasteiger charge is 2.26. The third-order valence-electron chi connectivity index (χ3n) is 4.34. The van der Waals surface area contributed by atoms with Crippen molar-refractivity contribution in [2.24, 2.45) is 0 Å². The summed E-state index contributed by atoms with van der Waals surface area (Å²) in [6, 6.07) is 6.40. The Labute approximate surface area is 134 Å². The highest BCUT2D eigenvalue weighted by Crippen LogP contribution is 2.17. The lowest BCUT2D eigenvalue weighted by Gasteiger charge is -2.40. The standard InChI is InChI=1S/C16H27N3O2S/c1-13(2)22(20,21)11-10-18-8-9-19(12-15(18)4)16-7-5-6-14(3)17-16/h5-7,13,15H,8-12H2,1-4H3/t15-/m0/s1. The van der Waals surface area contributed by atoms with E-state index in [1.54, 1.807) is 13.8 Å². The van der Waals surface area contributed by atoms with Gasteiger partial charge in [-0.2, -0.15) is 0 Å². The Balaban J connectivity index is 1.93. The zero-order valence-electron chi connectivity index (χ0n) is 14.0. The van der Waals surface area contributed by atoms with Crippen molar-refractivity contribution in [2.45, 2.75) is 39.0 Å². The van der Waals surface area contributed by atoms with Crippen LogP contribution in [0.3, 0.4) is 0 Å². The van der Waals surface area contributed by atoms with Crippen LogP contribution in [0.1, 0.15) is 26.5 Å². The molecule has 1 fully saturated rings. The van der Waals surface area contributed by atoms with Crippen LogP contribution in [-0.4, -0.2) is 61.5 Å². The number of anilines is 1. The van der Waals surface area contributed by atoms with Crippen LogP contribution in [0.25, 0.3) is 0 Å². The van der Waals surface area contributed by atoms with Gasteiger partial charge in [0.25, 0.3) is 0 Å². The summed E-state index contributed by atoms with van der Waals surface area (Å²) in [5.74, 6) is 1.26. The van der Waals surface area contributed by atoms with Crippen molar-refractivity contribution in [2.75, 3.05) is 36.8 Å². The van der Waals surface area contributed by atoms with Gasteiger partial charge in [-0.1, -0.05) is 6.07 Å². The van der Waals surface area contributed by atoms with Crippen molar-refractivity contribution in [1.82, 2.24) is 9.88 Å². The van der Waals surface area contributed by atoms with Gasteiger partial charge in [-0.15, -0.1) is 0 Å². The average Bonchev–Trinajstić information content (AvgIpc) is 2.45. The second-order valence-electron chi connectivity index (χ2n) is 6.38. The van der Waals surface area contributed by atoms with E-state index in [-0.39, 0.29) is 11.0 Å². The molecule has 2 rings (SSSR count). The van der Waals surface area contributed by atoms with Gasteiger partial charge in [0, 0.05) is 37.9 Å². The quantitative estimate of drug-likeness (QED) is 0.825. The molecule has 1 atom stereocenters. The van der Waals surface area contributed by atoms with E-state index in [1.807, 2.05) is 25.1 Å².